The monoisotopic (exact) mass is 177 g/mol. The zero-order valence-corrected chi connectivity index (χ0v) is 7.25. The molecule has 1 aliphatic carbocycles. The standard InChI is InChI=1S/C10H8ClN/c11-10-5-9(10)8-3-1-7(6-12)2-4-8/h1-4,9-10H,5H2/t9?,10-/m1/s1. The number of benzene rings is 1. The molecule has 12 heavy (non-hydrogen) atoms. The molecule has 0 N–H and O–H groups in total. The lowest BCUT2D eigenvalue weighted by atomic mass is 10.1. The van der Waals surface area contributed by atoms with Gasteiger partial charge in [-0.15, -0.1) is 11.6 Å². The lowest BCUT2D eigenvalue weighted by Crippen LogP contribution is -1.82. The maximum Gasteiger partial charge on any atom is 0.0991 e. The van der Waals surface area contributed by atoms with E-state index >= 15 is 0 Å². The predicted molar refractivity (Wildman–Crippen MR) is 48.2 cm³/mol. The largest absolute Gasteiger partial charge is 0.192 e. The Bertz CT molecular complexity index is 323. The maximum atomic E-state index is 8.56. The van der Waals surface area contributed by atoms with E-state index in [1.807, 2.05) is 24.3 Å². The minimum atomic E-state index is 0.318. The van der Waals surface area contributed by atoms with E-state index < -0.39 is 0 Å². The normalized spacial score (nSPS) is 26.3. The van der Waals surface area contributed by atoms with Crippen molar-refractivity contribution in [2.24, 2.45) is 0 Å². The molecule has 0 spiro atoms. The van der Waals surface area contributed by atoms with Crippen LogP contribution in [-0.4, -0.2) is 5.38 Å². The maximum absolute atomic E-state index is 8.56. The Labute approximate surface area is 76.6 Å². The summed E-state index contributed by atoms with van der Waals surface area (Å²) in [6.45, 7) is 0. The van der Waals surface area contributed by atoms with Crippen molar-refractivity contribution in [2.45, 2.75) is 17.7 Å². The van der Waals surface area contributed by atoms with Crippen LogP contribution in [0, 0.1) is 11.3 Å². The summed E-state index contributed by atoms with van der Waals surface area (Å²) in [5, 5.41) is 8.88. The molecule has 2 atom stereocenters. The van der Waals surface area contributed by atoms with Crippen LogP contribution in [-0.2, 0) is 0 Å². The fourth-order valence-corrected chi connectivity index (χ4v) is 1.65. The smallest absolute Gasteiger partial charge is 0.0991 e. The van der Waals surface area contributed by atoms with E-state index in [9.17, 15) is 0 Å². The van der Waals surface area contributed by atoms with Gasteiger partial charge in [0, 0.05) is 11.3 Å². The van der Waals surface area contributed by atoms with E-state index in [-0.39, 0.29) is 0 Å². The van der Waals surface area contributed by atoms with Crippen molar-refractivity contribution in [1.82, 2.24) is 0 Å². The summed E-state index contributed by atoms with van der Waals surface area (Å²) in [6, 6.07) is 9.76. The van der Waals surface area contributed by atoms with Crippen LogP contribution in [0.15, 0.2) is 24.3 Å². The van der Waals surface area contributed by atoms with E-state index in [4.69, 9.17) is 16.9 Å². The van der Waals surface area contributed by atoms with Crippen molar-refractivity contribution in [2.75, 3.05) is 0 Å². The van der Waals surface area contributed by atoms with Crippen LogP contribution in [0.4, 0.5) is 0 Å². The molecule has 0 bridgehead atoms. The molecule has 0 heterocycles. The van der Waals surface area contributed by atoms with Crippen LogP contribution in [0.3, 0.4) is 0 Å². The summed E-state index contributed by atoms with van der Waals surface area (Å²) in [5.41, 5.74) is 1.97. The van der Waals surface area contributed by atoms with Gasteiger partial charge in [0.2, 0.25) is 0 Å². The molecule has 0 saturated heterocycles. The second-order valence-electron chi connectivity index (χ2n) is 3.09. The van der Waals surface area contributed by atoms with Crippen LogP contribution in [0.1, 0.15) is 23.5 Å². The van der Waals surface area contributed by atoms with Gasteiger partial charge < -0.3 is 0 Å². The fourth-order valence-electron chi connectivity index (χ4n) is 1.31. The van der Waals surface area contributed by atoms with Crippen LogP contribution in [0.2, 0.25) is 0 Å². The highest BCUT2D eigenvalue weighted by Crippen LogP contribution is 2.44. The molecule has 0 aliphatic heterocycles. The van der Waals surface area contributed by atoms with Crippen molar-refractivity contribution in [3.8, 4) is 6.07 Å². The predicted octanol–water partition coefficient (Wildman–Crippen LogP) is 2.65. The molecule has 1 fully saturated rings. The van der Waals surface area contributed by atoms with Crippen molar-refractivity contribution in [3.63, 3.8) is 0 Å². The number of nitriles is 1. The zero-order chi connectivity index (χ0) is 8.55. The Kier molecular flexibility index (Phi) is 1.78. The molecule has 1 saturated carbocycles. The third-order valence-electron chi connectivity index (χ3n) is 2.18. The molecule has 60 valence electrons. The Balaban J connectivity index is 2.21. The van der Waals surface area contributed by atoms with E-state index in [0.717, 1.165) is 6.42 Å². The van der Waals surface area contributed by atoms with Crippen molar-refractivity contribution in [3.05, 3.63) is 35.4 Å². The van der Waals surface area contributed by atoms with Gasteiger partial charge in [0.15, 0.2) is 0 Å². The molecule has 2 heteroatoms. The first-order valence-electron chi connectivity index (χ1n) is 3.95. The van der Waals surface area contributed by atoms with E-state index in [1.54, 1.807) is 0 Å². The minimum absolute atomic E-state index is 0.318. The molecule has 0 amide bonds. The average molecular weight is 178 g/mol. The highest BCUT2D eigenvalue weighted by atomic mass is 35.5. The number of hydrogen-bond donors (Lipinski definition) is 0. The van der Waals surface area contributed by atoms with Gasteiger partial charge in [0.05, 0.1) is 11.6 Å². The van der Waals surface area contributed by atoms with E-state index in [0.29, 0.717) is 16.9 Å². The summed E-state index contributed by atoms with van der Waals surface area (Å²) in [4.78, 5) is 0. The second-order valence-corrected chi connectivity index (χ2v) is 3.65. The van der Waals surface area contributed by atoms with E-state index in [1.165, 1.54) is 5.56 Å². The molecule has 1 aromatic carbocycles. The Morgan fingerprint density at radius 2 is 1.92 bits per heavy atom. The fraction of sp³-hybridized carbons (Fsp3) is 0.300. The van der Waals surface area contributed by atoms with Gasteiger partial charge in [-0.3, -0.25) is 0 Å². The van der Waals surface area contributed by atoms with E-state index in [2.05, 4.69) is 6.07 Å². The number of halogens is 1. The molecule has 1 aliphatic rings. The molecule has 1 nitrogen and oxygen atoms in total. The van der Waals surface area contributed by atoms with Gasteiger partial charge in [-0.1, -0.05) is 12.1 Å². The molecule has 0 aromatic heterocycles. The van der Waals surface area contributed by atoms with Gasteiger partial charge in [0.25, 0.3) is 0 Å². The topological polar surface area (TPSA) is 23.8 Å². The van der Waals surface area contributed by atoms with Crippen LogP contribution in [0.25, 0.3) is 0 Å². The van der Waals surface area contributed by atoms with Gasteiger partial charge in [-0.2, -0.15) is 5.26 Å². The van der Waals surface area contributed by atoms with Crippen LogP contribution < -0.4 is 0 Å². The van der Waals surface area contributed by atoms with Crippen molar-refractivity contribution >= 4 is 11.6 Å². The third kappa shape index (κ3) is 1.31. The quantitative estimate of drug-likeness (QED) is 0.605. The summed E-state index contributed by atoms with van der Waals surface area (Å²) >= 11 is 5.90. The molecule has 1 unspecified atom stereocenters. The molecular weight excluding hydrogens is 170 g/mol. The average Bonchev–Trinajstić information content (AvgIpc) is 2.83. The summed E-state index contributed by atoms with van der Waals surface area (Å²) in [5.74, 6) is 0.527. The highest BCUT2D eigenvalue weighted by molar-refractivity contribution is 6.23. The Morgan fingerprint density at radius 3 is 2.33 bits per heavy atom. The first kappa shape index (κ1) is 7.64. The highest BCUT2D eigenvalue weighted by Gasteiger charge is 2.36. The molecule has 0 radical (unpaired) electrons. The first-order chi connectivity index (χ1) is 5.81. The van der Waals surface area contributed by atoms with Gasteiger partial charge in [0.1, 0.15) is 0 Å². The van der Waals surface area contributed by atoms with Gasteiger partial charge in [-0.25, -0.2) is 0 Å². The molecular formula is C10H8ClN. The van der Waals surface area contributed by atoms with Crippen molar-refractivity contribution in [1.29, 1.82) is 5.26 Å². The summed E-state index contributed by atoms with van der Waals surface area (Å²) in [6.07, 6.45) is 1.08. The first-order valence-corrected chi connectivity index (χ1v) is 4.39. The lowest BCUT2D eigenvalue weighted by Gasteiger charge is -1.96. The summed E-state index contributed by atoms with van der Waals surface area (Å²) < 4.78 is 0. The minimum Gasteiger partial charge on any atom is -0.192 e. The molecule has 2 rings (SSSR count). The second kappa shape index (κ2) is 2.80. The van der Waals surface area contributed by atoms with Crippen LogP contribution >= 0.6 is 11.6 Å². The third-order valence-corrected chi connectivity index (χ3v) is 2.66. The number of nitrogens with zero attached hydrogens (tertiary/aromatic N) is 1. The molecule has 1 aromatic rings. The Hall–Kier alpha value is -1.00. The van der Waals surface area contributed by atoms with Gasteiger partial charge >= 0.3 is 0 Å². The number of alkyl halides is 1. The van der Waals surface area contributed by atoms with Gasteiger partial charge in [-0.05, 0) is 24.1 Å². The van der Waals surface area contributed by atoms with Crippen molar-refractivity contribution < 1.29 is 0 Å². The summed E-state index contributed by atoms with van der Waals surface area (Å²) in [7, 11) is 0. The lowest BCUT2D eigenvalue weighted by molar-refractivity contribution is 1.13. The SMILES string of the molecule is N#Cc1ccc(C2C[C@H]2Cl)cc1. The zero-order valence-electron chi connectivity index (χ0n) is 6.50. The number of hydrogen-bond acceptors (Lipinski definition) is 1. The van der Waals surface area contributed by atoms with Crippen LogP contribution in [0.5, 0.6) is 0 Å². The Morgan fingerprint density at radius 1 is 1.33 bits per heavy atom. The number of rotatable bonds is 1.